The second-order valence-corrected chi connectivity index (χ2v) is 6.25. The van der Waals surface area contributed by atoms with Gasteiger partial charge < -0.3 is 5.32 Å². The predicted molar refractivity (Wildman–Crippen MR) is 91.1 cm³/mol. The van der Waals surface area contributed by atoms with Crippen LogP contribution in [-0.4, -0.2) is 17.0 Å². The van der Waals surface area contributed by atoms with Crippen molar-refractivity contribution in [2.24, 2.45) is 0 Å². The van der Waals surface area contributed by atoms with Crippen LogP contribution in [0.1, 0.15) is 35.6 Å². The standard InChI is InChI=1S/C17H23N3S/c1-5-6-15-16(18-4)19-11-20-17(15)21-10-14-8-12(2)7-13(3)9-14/h7-9,11H,5-6,10H2,1-4H3,(H,18,19,20). The van der Waals surface area contributed by atoms with Crippen molar-refractivity contribution in [3.63, 3.8) is 0 Å². The Morgan fingerprint density at radius 3 is 2.43 bits per heavy atom. The number of benzene rings is 1. The van der Waals surface area contributed by atoms with Crippen LogP contribution in [0.15, 0.2) is 29.6 Å². The van der Waals surface area contributed by atoms with E-state index in [2.05, 4.69) is 54.3 Å². The first kappa shape index (κ1) is 15.8. The van der Waals surface area contributed by atoms with Gasteiger partial charge in [-0.3, -0.25) is 0 Å². The van der Waals surface area contributed by atoms with E-state index in [1.807, 2.05) is 7.05 Å². The van der Waals surface area contributed by atoms with E-state index in [0.29, 0.717) is 0 Å². The van der Waals surface area contributed by atoms with Crippen molar-refractivity contribution >= 4 is 17.6 Å². The molecule has 0 fully saturated rings. The number of hydrogen-bond donors (Lipinski definition) is 1. The Labute approximate surface area is 131 Å². The van der Waals surface area contributed by atoms with Gasteiger partial charge in [0.15, 0.2) is 0 Å². The molecule has 1 heterocycles. The van der Waals surface area contributed by atoms with Crippen molar-refractivity contribution in [2.75, 3.05) is 12.4 Å². The van der Waals surface area contributed by atoms with E-state index in [9.17, 15) is 0 Å². The van der Waals surface area contributed by atoms with Crippen LogP contribution < -0.4 is 5.32 Å². The van der Waals surface area contributed by atoms with Gasteiger partial charge in [0.05, 0.1) is 0 Å². The van der Waals surface area contributed by atoms with E-state index in [0.717, 1.165) is 29.4 Å². The lowest BCUT2D eigenvalue weighted by molar-refractivity contribution is 0.858. The van der Waals surface area contributed by atoms with E-state index in [-0.39, 0.29) is 0 Å². The smallest absolute Gasteiger partial charge is 0.133 e. The normalized spacial score (nSPS) is 10.7. The van der Waals surface area contributed by atoms with Crippen LogP contribution in [0.3, 0.4) is 0 Å². The number of nitrogens with one attached hydrogen (secondary N) is 1. The molecule has 0 aliphatic heterocycles. The van der Waals surface area contributed by atoms with Crippen molar-refractivity contribution in [2.45, 2.75) is 44.4 Å². The SMILES string of the molecule is CCCc1c(NC)ncnc1SCc1cc(C)cc(C)c1. The molecule has 1 N–H and O–H groups in total. The fourth-order valence-corrected chi connectivity index (χ4v) is 3.48. The number of nitrogens with zero attached hydrogens (tertiary/aromatic N) is 2. The van der Waals surface area contributed by atoms with Gasteiger partial charge >= 0.3 is 0 Å². The summed E-state index contributed by atoms with van der Waals surface area (Å²) in [6, 6.07) is 6.71. The van der Waals surface area contributed by atoms with Crippen molar-refractivity contribution in [1.82, 2.24) is 9.97 Å². The minimum atomic E-state index is 0.944. The average molecular weight is 301 g/mol. The van der Waals surface area contributed by atoms with E-state index in [1.54, 1.807) is 18.1 Å². The van der Waals surface area contributed by atoms with Crippen LogP contribution in [-0.2, 0) is 12.2 Å². The molecule has 2 aromatic rings. The Morgan fingerprint density at radius 1 is 1.10 bits per heavy atom. The van der Waals surface area contributed by atoms with Crippen LogP contribution in [0.2, 0.25) is 0 Å². The molecular formula is C17H23N3S. The molecule has 112 valence electrons. The summed E-state index contributed by atoms with van der Waals surface area (Å²) in [5, 5.41) is 4.27. The molecule has 0 aliphatic carbocycles. The zero-order chi connectivity index (χ0) is 15.2. The van der Waals surface area contributed by atoms with E-state index < -0.39 is 0 Å². The lowest BCUT2D eigenvalue weighted by Crippen LogP contribution is -2.02. The zero-order valence-electron chi connectivity index (χ0n) is 13.2. The highest BCUT2D eigenvalue weighted by Crippen LogP contribution is 2.29. The van der Waals surface area contributed by atoms with Crippen molar-refractivity contribution in [1.29, 1.82) is 0 Å². The van der Waals surface area contributed by atoms with Gasteiger partial charge in [0.2, 0.25) is 0 Å². The first-order valence-electron chi connectivity index (χ1n) is 7.35. The fraction of sp³-hybridized carbons (Fsp3) is 0.412. The minimum Gasteiger partial charge on any atom is -0.373 e. The maximum Gasteiger partial charge on any atom is 0.133 e. The Bertz CT molecular complexity index is 591. The number of anilines is 1. The van der Waals surface area contributed by atoms with Crippen LogP contribution in [0.25, 0.3) is 0 Å². The molecule has 3 nitrogen and oxygen atoms in total. The summed E-state index contributed by atoms with van der Waals surface area (Å²) in [6.07, 6.45) is 3.75. The fourth-order valence-electron chi connectivity index (χ4n) is 2.52. The Hall–Kier alpha value is -1.55. The van der Waals surface area contributed by atoms with Crippen LogP contribution in [0.5, 0.6) is 0 Å². The third-order valence-electron chi connectivity index (χ3n) is 3.30. The van der Waals surface area contributed by atoms with Gasteiger partial charge in [0, 0.05) is 18.4 Å². The summed E-state index contributed by atoms with van der Waals surface area (Å²) in [7, 11) is 1.92. The number of thioether (sulfide) groups is 1. The molecule has 1 aromatic heterocycles. The molecule has 21 heavy (non-hydrogen) atoms. The highest BCUT2D eigenvalue weighted by atomic mass is 32.2. The van der Waals surface area contributed by atoms with Gasteiger partial charge in [0.1, 0.15) is 17.2 Å². The lowest BCUT2D eigenvalue weighted by Gasteiger charge is -2.12. The van der Waals surface area contributed by atoms with Gasteiger partial charge in [0.25, 0.3) is 0 Å². The maximum atomic E-state index is 4.48. The van der Waals surface area contributed by atoms with Crippen molar-refractivity contribution in [3.8, 4) is 0 Å². The van der Waals surface area contributed by atoms with Gasteiger partial charge in [-0.05, 0) is 25.8 Å². The minimum absolute atomic E-state index is 0.944. The molecule has 0 saturated carbocycles. The summed E-state index contributed by atoms with van der Waals surface area (Å²) in [4.78, 5) is 8.80. The van der Waals surface area contributed by atoms with Gasteiger partial charge in [-0.25, -0.2) is 9.97 Å². The number of hydrogen-bond acceptors (Lipinski definition) is 4. The summed E-state index contributed by atoms with van der Waals surface area (Å²) in [5.41, 5.74) is 5.22. The summed E-state index contributed by atoms with van der Waals surface area (Å²) in [6.45, 7) is 6.48. The summed E-state index contributed by atoms with van der Waals surface area (Å²) < 4.78 is 0. The third-order valence-corrected chi connectivity index (χ3v) is 4.40. The Kier molecular flexibility index (Phi) is 5.62. The second-order valence-electron chi connectivity index (χ2n) is 5.29. The summed E-state index contributed by atoms with van der Waals surface area (Å²) >= 11 is 1.80. The van der Waals surface area contributed by atoms with Crippen LogP contribution >= 0.6 is 11.8 Å². The third kappa shape index (κ3) is 4.21. The average Bonchev–Trinajstić information content (AvgIpc) is 2.45. The molecule has 0 spiro atoms. The molecule has 0 aliphatic rings. The van der Waals surface area contributed by atoms with Crippen LogP contribution in [0, 0.1) is 13.8 Å². The molecule has 0 saturated heterocycles. The van der Waals surface area contributed by atoms with E-state index in [4.69, 9.17) is 0 Å². The molecule has 0 radical (unpaired) electrons. The molecule has 2 rings (SSSR count). The topological polar surface area (TPSA) is 37.8 Å². The van der Waals surface area contributed by atoms with Crippen LogP contribution in [0.4, 0.5) is 5.82 Å². The molecule has 0 unspecified atom stereocenters. The number of aryl methyl sites for hydroxylation is 2. The monoisotopic (exact) mass is 301 g/mol. The zero-order valence-corrected chi connectivity index (χ0v) is 14.0. The largest absolute Gasteiger partial charge is 0.373 e. The molecule has 4 heteroatoms. The van der Waals surface area contributed by atoms with Crippen molar-refractivity contribution < 1.29 is 0 Å². The first-order valence-corrected chi connectivity index (χ1v) is 8.34. The van der Waals surface area contributed by atoms with E-state index >= 15 is 0 Å². The maximum absolute atomic E-state index is 4.48. The molecule has 0 bridgehead atoms. The second kappa shape index (κ2) is 7.46. The summed E-state index contributed by atoms with van der Waals surface area (Å²) in [5.74, 6) is 1.90. The molecule has 0 atom stereocenters. The Balaban J connectivity index is 2.19. The highest BCUT2D eigenvalue weighted by Gasteiger charge is 2.10. The molecule has 1 aromatic carbocycles. The van der Waals surface area contributed by atoms with Gasteiger partial charge in [-0.15, -0.1) is 11.8 Å². The van der Waals surface area contributed by atoms with Gasteiger partial charge in [-0.2, -0.15) is 0 Å². The molecule has 0 amide bonds. The first-order chi connectivity index (χ1) is 10.1. The Morgan fingerprint density at radius 2 is 1.81 bits per heavy atom. The van der Waals surface area contributed by atoms with Crippen molar-refractivity contribution in [3.05, 3.63) is 46.8 Å². The molecular weight excluding hydrogens is 278 g/mol. The lowest BCUT2D eigenvalue weighted by atomic mass is 10.1. The number of rotatable bonds is 6. The number of aromatic nitrogens is 2. The van der Waals surface area contributed by atoms with Gasteiger partial charge in [-0.1, -0.05) is 42.7 Å². The highest BCUT2D eigenvalue weighted by molar-refractivity contribution is 7.98. The quantitative estimate of drug-likeness (QED) is 0.634. The predicted octanol–water partition coefficient (Wildman–Crippen LogP) is 4.38. The van der Waals surface area contributed by atoms with E-state index in [1.165, 1.54) is 22.3 Å².